The summed E-state index contributed by atoms with van der Waals surface area (Å²) in [5.74, 6) is -0.0169. The van der Waals surface area contributed by atoms with Crippen molar-refractivity contribution in [2.75, 3.05) is 18.4 Å². The fourth-order valence-corrected chi connectivity index (χ4v) is 4.45. The fourth-order valence-electron chi connectivity index (χ4n) is 4.45. The van der Waals surface area contributed by atoms with Gasteiger partial charge >= 0.3 is 12.1 Å². The van der Waals surface area contributed by atoms with Crippen LogP contribution in [0.25, 0.3) is 0 Å². The zero-order chi connectivity index (χ0) is 27.3. The number of carbonyl (C=O) groups excluding carboxylic acids is 3. The Kier molecular flexibility index (Phi) is 8.29. The van der Waals surface area contributed by atoms with Crippen molar-refractivity contribution in [2.45, 2.75) is 65.6 Å². The summed E-state index contributed by atoms with van der Waals surface area (Å²) in [7, 11) is 0. The van der Waals surface area contributed by atoms with Crippen LogP contribution in [0.3, 0.4) is 0 Å². The standard InChI is InChI=1S/C28H36N6O4/c1-19-15-24(35)34(14-6-5-12-30-27(37)38-28(2,3)4)32-25(19)20-7-9-23(10-8-20)31-26(36)33-17-21-11-13-29-16-22(21)18-33/h7-11,13,16,19H,5-6,12,14-15,17-18H2,1-4H3,(H,30,37)(H,31,36). The van der Waals surface area contributed by atoms with E-state index in [1.807, 2.05) is 58.0 Å². The number of hydrogen-bond acceptors (Lipinski definition) is 6. The Bertz CT molecular complexity index is 1180. The molecule has 4 rings (SSSR count). The maximum Gasteiger partial charge on any atom is 0.407 e. The molecule has 0 bridgehead atoms. The van der Waals surface area contributed by atoms with Crippen LogP contribution in [0.15, 0.2) is 47.8 Å². The Morgan fingerprint density at radius 1 is 1.08 bits per heavy atom. The molecule has 0 fully saturated rings. The van der Waals surface area contributed by atoms with E-state index in [4.69, 9.17) is 4.74 Å². The van der Waals surface area contributed by atoms with Crippen molar-refractivity contribution < 1.29 is 19.1 Å². The number of benzene rings is 1. The number of ether oxygens (including phenoxy) is 1. The van der Waals surface area contributed by atoms with Gasteiger partial charge < -0.3 is 20.3 Å². The lowest BCUT2D eigenvalue weighted by atomic mass is 9.93. The number of hydrogen-bond donors (Lipinski definition) is 2. The largest absolute Gasteiger partial charge is 0.444 e. The molecule has 2 aromatic rings. The third-order valence-corrected chi connectivity index (χ3v) is 6.38. The maximum atomic E-state index is 12.7. The lowest BCUT2D eigenvalue weighted by Crippen LogP contribution is -2.37. The van der Waals surface area contributed by atoms with Gasteiger partial charge in [0.05, 0.1) is 5.71 Å². The Labute approximate surface area is 223 Å². The SMILES string of the molecule is CC1CC(=O)N(CCCCNC(=O)OC(C)(C)C)N=C1c1ccc(NC(=O)N2Cc3ccncc3C2)cc1. The normalized spacial score (nSPS) is 17.1. The molecule has 2 aliphatic rings. The van der Waals surface area contributed by atoms with Gasteiger partial charge in [0.1, 0.15) is 5.60 Å². The van der Waals surface area contributed by atoms with Gasteiger partial charge in [-0.3, -0.25) is 9.78 Å². The number of alkyl carbamates (subject to hydrolysis) is 1. The predicted octanol–water partition coefficient (Wildman–Crippen LogP) is 4.51. The molecule has 0 radical (unpaired) electrons. The van der Waals surface area contributed by atoms with E-state index >= 15 is 0 Å². The van der Waals surface area contributed by atoms with Crippen LogP contribution < -0.4 is 10.6 Å². The number of pyridine rings is 1. The highest BCUT2D eigenvalue weighted by molar-refractivity contribution is 6.06. The summed E-state index contributed by atoms with van der Waals surface area (Å²) in [4.78, 5) is 43.0. The molecule has 1 unspecified atom stereocenters. The van der Waals surface area contributed by atoms with Gasteiger partial charge in [0.25, 0.3) is 0 Å². The van der Waals surface area contributed by atoms with E-state index in [0.717, 1.165) is 22.4 Å². The van der Waals surface area contributed by atoms with Gasteiger partial charge in [-0.1, -0.05) is 19.1 Å². The lowest BCUT2D eigenvalue weighted by Gasteiger charge is -2.28. The minimum absolute atomic E-state index is 0.00737. The van der Waals surface area contributed by atoms with Crippen LogP contribution in [0.5, 0.6) is 0 Å². The first-order chi connectivity index (χ1) is 18.1. The van der Waals surface area contributed by atoms with Crippen LogP contribution in [0.4, 0.5) is 15.3 Å². The first-order valence-electron chi connectivity index (χ1n) is 13.0. The minimum atomic E-state index is -0.533. The summed E-state index contributed by atoms with van der Waals surface area (Å²) in [5, 5.41) is 11.9. The van der Waals surface area contributed by atoms with Crippen molar-refractivity contribution in [3.63, 3.8) is 0 Å². The summed E-state index contributed by atoms with van der Waals surface area (Å²) in [6.07, 6.45) is 4.90. The van der Waals surface area contributed by atoms with Gasteiger partial charge in [-0.2, -0.15) is 5.10 Å². The topological polar surface area (TPSA) is 116 Å². The number of hydrazone groups is 1. The van der Waals surface area contributed by atoms with Gasteiger partial charge in [-0.25, -0.2) is 14.6 Å². The molecule has 2 N–H and O–H groups in total. The van der Waals surface area contributed by atoms with E-state index < -0.39 is 11.7 Å². The van der Waals surface area contributed by atoms with E-state index in [-0.39, 0.29) is 17.9 Å². The summed E-state index contributed by atoms with van der Waals surface area (Å²) in [6, 6.07) is 9.35. The summed E-state index contributed by atoms with van der Waals surface area (Å²) < 4.78 is 5.23. The molecule has 4 amide bonds. The van der Waals surface area contributed by atoms with Gasteiger partial charge in [0.15, 0.2) is 0 Å². The van der Waals surface area contributed by atoms with Crippen LogP contribution in [0.1, 0.15) is 63.6 Å². The van der Waals surface area contributed by atoms with E-state index in [9.17, 15) is 14.4 Å². The first-order valence-corrected chi connectivity index (χ1v) is 13.0. The molecular formula is C28H36N6O4. The van der Waals surface area contributed by atoms with Crippen molar-refractivity contribution in [3.8, 4) is 0 Å². The number of unbranched alkanes of at least 4 members (excludes halogenated alkanes) is 1. The molecule has 1 aromatic carbocycles. The second-order valence-corrected chi connectivity index (χ2v) is 10.8. The zero-order valence-electron chi connectivity index (χ0n) is 22.5. The van der Waals surface area contributed by atoms with Crippen LogP contribution >= 0.6 is 0 Å². The number of nitrogens with one attached hydrogen (secondary N) is 2. The zero-order valence-corrected chi connectivity index (χ0v) is 22.5. The molecule has 1 aromatic heterocycles. The molecule has 0 aliphatic carbocycles. The molecule has 0 spiro atoms. The molecule has 2 aliphatic heterocycles. The lowest BCUT2D eigenvalue weighted by molar-refractivity contribution is -0.132. The Morgan fingerprint density at radius 2 is 1.82 bits per heavy atom. The number of rotatable bonds is 7. The van der Waals surface area contributed by atoms with Crippen LogP contribution in [0.2, 0.25) is 0 Å². The van der Waals surface area contributed by atoms with Gasteiger partial charge in [-0.15, -0.1) is 0 Å². The molecule has 0 saturated carbocycles. The third-order valence-electron chi connectivity index (χ3n) is 6.38. The van der Waals surface area contributed by atoms with Crippen LogP contribution in [0, 0.1) is 5.92 Å². The average Bonchev–Trinajstić information content (AvgIpc) is 3.29. The van der Waals surface area contributed by atoms with Gasteiger partial charge in [0, 0.05) is 56.6 Å². The summed E-state index contributed by atoms with van der Waals surface area (Å²) in [5.41, 5.74) is 4.11. The maximum absolute atomic E-state index is 12.7. The summed E-state index contributed by atoms with van der Waals surface area (Å²) in [6.45, 7) is 9.51. The number of urea groups is 1. The predicted molar refractivity (Wildman–Crippen MR) is 144 cm³/mol. The molecule has 0 saturated heterocycles. The molecule has 3 heterocycles. The number of amides is 4. The van der Waals surface area contributed by atoms with E-state index in [1.165, 1.54) is 5.01 Å². The Balaban J connectivity index is 1.29. The number of nitrogens with zero attached hydrogens (tertiary/aromatic N) is 4. The van der Waals surface area contributed by atoms with E-state index in [2.05, 4.69) is 20.7 Å². The monoisotopic (exact) mass is 520 g/mol. The number of fused-ring (bicyclic) bond motifs is 1. The Hall–Kier alpha value is -3.95. The van der Waals surface area contributed by atoms with Crippen molar-refractivity contribution in [1.82, 2.24) is 20.2 Å². The number of anilines is 1. The average molecular weight is 521 g/mol. The van der Waals surface area contributed by atoms with Crippen LogP contribution in [-0.2, 0) is 22.6 Å². The highest BCUT2D eigenvalue weighted by atomic mass is 16.6. The molecule has 202 valence electrons. The fraction of sp³-hybridized carbons (Fsp3) is 0.464. The van der Waals surface area contributed by atoms with E-state index in [0.29, 0.717) is 51.1 Å². The number of aromatic nitrogens is 1. The number of carbonyl (C=O) groups is 3. The third kappa shape index (κ3) is 7.08. The first kappa shape index (κ1) is 27.1. The highest BCUT2D eigenvalue weighted by Gasteiger charge is 2.27. The Morgan fingerprint density at radius 3 is 2.53 bits per heavy atom. The van der Waals surface area contributed by atoms with Gasteiger partial charge in [-0.05, 0) is 68.5 Å². The smallest absolute Gasteiger partial charge is 0.407 e. The van der Waals surface area contributed by atoms with Crippen molar-refractivity contribution in [1.29, 1.82) is 0 Å². The van der Waals surface area contributed by atoms with Crippen molar-refractivity contribution in [3.05, 3.63) is 59.4 Å². The van der Waals surface area contributed by atoms with Gasteiger partial charge in [0.2, 0.25) is 5.91 Å². The molecule has 10 heteroatoms. The van der Waals surface area contributed by atoms with Crippen LogP contribution in [-0.4, -0.2) is 57.3 Å². The quantitative estimate of drug-likeness (QED) is 0.521. The summed E-state index contributed by atoms with van der Waals surface area (Å²) >= 11 is 0. The van der Waals surface area contributed by atoms with E-state index in [1.54, 1.807) is 17.3 Å². The van der Waals surface area contributed by atoms with Crippen molar-refractivity contribution in [2.24, 2.45) is 11.0 Å². The minimum Gasteiger partial charge on any atom is -0.444 e. The molecule has 38 heavy (non-hydrogen) atoms. The second kappa shape index (κ2) is 11.6. The molecule has 1 atom stereocenters. The van der Waals surface area contributed by atoms with Crippen molar-refractivity contribution >= 4 is 29.4 Å². The second-order valence-electron chi connectivity index (χ2n) is 10.8. The molecule has 10 nitrogen and oxygen atoms in total. The molecular weight excluding hydrogens is 484 g/mol. The highest BCUT2D eigenvalue weighted by Crippen LogP contribution is 2.24.